The van der Waals surface area contributed by atoms with Gasteiger partial charge in [0.05, 0.1) is 28.0 Å². The molecular formula is C14H15BrF3N3. The van der Waals surface area contributed by atoms with Crippen LogP contribution < -0.4 is 5.32 Å². The Morgan fingerprint density at radius 3 is 2.38 bits per heavy atom. The van der Waals surface area contributed by atoms with Crippen molar-refractivity contribution in [2.24, 2.45) is 0 Å². The Bertz CT molecular complexity index is 618. The topological polar surface area (TPSA) is 29.9 Å². The zero-order chi connectivity index (χ0) is 15.6. The van der Waals surface area contributed by atoms with Gasteiger partial charge in [-0.1, -0.05) is 0 Å². The summed E-state index contributed by atoms with van der Waals surface area (Å²) in [5.74, 6) is 0. The van der Waals surface area contributed by atoms with Crippen molar-refractivity contribution >= 4 is 21.6 Å². The predicted octanol–water partition coefficient (Wildman–Crippen LogP) is 4.60. The second-order valence-electron chi connectivity index (χ2n) is 4.59. The summed E-state index contributed by atoms with van der Waals surface area (Å²) in [5, 5.41) is 7.48. The molecule has 0 saturated heterocycles. The standard InChI is InChI=1S/C14H15BrF3N3/c1-3-21-12(13(15)9(2)20-21)8-19-11-6-4-10(5-7-11)14(16,17)18/h4-7,19H,3,8H2,1-2H3. The van der Waals surface area contributed by atoms with E-state index in [0.717, 1.165) is 34.5 Å². The lowest BCUT2D eigenvalue weighted by atomic mass is 10.2. The van der Waals surface area contributed by atoms with Gasteiger partial charge in [0.2, 0.25) is 0 Å². The van der Waals surface area contributed by atoms with Gasteiger partial charge in [-0.25, -0.2) is 0 Å². The average Bonchev–Trinajstić information content (AvgIpc) is 2.71. The largest absolute Gasteiger partial charge is 0.416 e. The molecule has 0 saturated carbocycles. The molecule has 1 aromatic carbocycles. The highest BCUT2D eigenvalue weighted by Gasteiger charge is 2.29. The number of benzene rings is 1. The number of aromatic nitrogens is 2. The van der Waals surface area contributed by atoms with Gasteiger partial charge in [-0.2, -0.15) is 18.3 Å². The lowest BCUT2D eigenvalue weighted by Crippen LogP contribution is -2.09. The molecule has 3 nitrogen and oxygen atoms in total. The predicted molar refractivity (Wildman–Crippen MR) is 79.1 cm³/mol. The molecule has 0 amide bonds. The molecule has 0 bridgehead atoms. The van der Waals surface area contributed by atoms with E-state index in [0.29, 0.717) is 12.2 Å². The fourth-order valence-electron chi connectivity index (χ4n) is 2.00. The van der Waals surface area contributed by atoms with Crippen molar-refractivity contribution in [3.63, 3.8) is 0 Å². The molecule has 0 fully saturated rings. The van der Waals surface area contributed by atoms with Gasteiger partial charge in [-0.15, -0.1) is 0 Å². The Labute approximate surface area is 129 Å². The highest BCUT2D eigenvalue weighted by molar-refractivity contribution is 9.10. The third-order valence-corrected chi connectivity index (χ3v) is 4.16. The van der Waals surface area contributed by atoms with Crippen molar-refractivity contribution < 1.29 is 13.2 Å². The summed E-state index contributed by atoms with van der Waals surface area (Å²) in [6.45, 7) is 5.11. The number of anilines is 1. The lowest BCUT2D eigenvalue weighted by Gasteiger charge is -2.10. The number of rotatable bonds is 4. The molecule has 0 radical (unpaired) electrons. The van der Waals surface area contributed by atoms with Crippen molar-refractivity contribution in [3.8, 4) is 0 Å². The summed E-state index contributed by atoms with van der Waals surface area (Å²) in [4.78, 5) is 0. The first kappa shape index (κ1) is 15.9. The molecule has 0 aliphatic rings. The summed E-state index contributed by atoms with van der Waals surface area (Å²) >= 11 is 3.48. The van der Waals surface area contributed by atoms with Gasteiger partial charge >= 0.3 is 6.18 Å². The van der Waals surface area contributed by atoms with E-state index < -0.39 is 11.7 Å². The number of aryl methyl sites for hydroxylation is 2. The van der Waals surface area contributed by atoms with E-state index in [1.54, 1.807) is 0 Å². The van der Waals surface area contributed by atoms with E-state index >= 15 is 0 Å². The molecule has 0 spiro atoms. The number of alkyl halides is 3. The van der Waals surface area contributed by atoms with Crippen LogP contribution in [-0.4, -0.2) is 9.78 Å². The number of hydrogen-bond donors (Lipinski definition) is 1. The highest BCUT2D eigenvalue weighted by Crippen LogP contribution is 2.30. The molecule has 2 rings (SSSR count). The van der Waals surface area contributed by atoms with Crippen LogP contribution in [0.5, 0.6) is 0 Å². The second kappa shape index (κ2) is 6.09. The summed E-state index contributed by atoms with van der Waals surface area (Å²) in [7, 11) is 0. The Morgan fingerprint density at radius 2 is 1.86 bits per heavy atom. The van der Waals surface area contributed by atoms with Crippen LogP contribution >= 0.6 is 15.9 Å². The van der Waals surface area contributed by atoms with Gasteiger partial charge in [-0.05, 0) is 54.0 Å². The van der Waals surface area contributed by atoms with Crippen LogP contribution in [0.25, 0.3) is 0 Å². The minimum absolute atomic E-state index is 0.487. The van der Waals surface area contributed by atoms with Crippen molar-refractivity contribution in [3.05, 3.63) is 45.7 Å². The van der Waals surface area contributed by atoms with Crippen LogP contribution in [0.1, 0.15) is 23.9 Å². The Morgan fingerprint density at radius 1 is 1.24 bits per heavy atom. The van der Waals surface area contributed by atoms with Crippen molar-refractivity contribution in [1.29, 1.82) is 0 Å². The van der Waals surface area contributed by atoms with Crippen LogP contribution in [-0.2, 0) is 19.3 Å². The quantitative estimate of drug-likeness (QED) is 0.861. The van der Waals surface area contributed by atoms with E-state index in [1.807, 2.05) is 18.5 Å². The van der Waals surface area contributed by atoms with Crippen molar-refractivity contribution in [2.45, 2.75) is 33.1 Å². The molecular weight excluding hydrogens is 347 g/mol. The third kappa shape index (κ3) is 3.58. The van der Waals surface area contributed by atoms with Crippen LogP contribution in [0, 0.1) is 6.92 Å². The first-order valence-corrected chi connectivity index (χ1v) is 7.25. The fraction of sp³-hybridized carbons (Fsp3) is 0.357. The van der Waals surface area contributed by atoms with Crippen LogP contribution in [0.15, 0.2) is 28.7 Å². The Kier molecular flexibility index (Phi) is 4.61. The first-order chi connectivity index (χ1) is 9.82. The van der Waals surface area contributed by atoms with Crippen molar-refractivity contribution in [1.82, 2.24) is 9.78 Å². The number of nitrogens with zero attached hydrogens (tertiary/aromatic N) is 2. The van der Waals surface area contributed by atoms with Crippen LogP contribution in [0.3, 0.4) is 0 Å². The molecule has 114 valence electrons. The van der Waals surface area contributed by atoms with E-state index in [2.05, 4.69) is 26.3 Å². The van der Waals surface area contributed by atoms with Gasteiger partial charge in [-0.3, -0.25) is 4.68 Å². The zero-order valence-corrected chi connectivity index (χ0v) is 13.2. The number of hydrogen-bond acceptors (Lipinski definition) is 2. The summed E-state index contributed by atoms with van der Waals surface area (Å²) < 4.78 is 40.2. The Balaban J connectivity index is 2.10. The first-order valence-electron chi connectivity index (χ1n) is 6.45. The fourth-order valence-corrected chi connectivity index (χ4v) is 2.42. The molecule has 2 aromatic rings. The summed E-state index contributed by atoms with van der Waals surface area (Å²) in [6, 6.07) is 4.99. The van der Waals surface area contributed by atoms with Gasteiger partial charge < -0.3 is 5.32 Å². The summed E-state index contributed by atoms with van der Waals surface area (Å²) in [6.07, 6.45) is -4.31. The monoisotopic (exact) mass is 361 g/mol. The molecule has 21 heavy (non-hydrogen) atoms. The van der Waals surface area contributed by atoms with Crippen LogP contribution in [0.4, 0.5) is 18.9 Å². The van der Waals surface area contributed by atoms with Crippen LogP contribution in [0.2, 0.25) is 0 Å². The summed E-state index contributed by atoms with van der Waals surface area (Å²) in [5.41, 5.74) is 1.84. The van der Waals surface area contributed by atoms with E-state index in [1.165, 1.54) is 12.1 Å². The minimum atomic E-state index is -4.31. The maximum atomic E-state index is 12.5. The van der Waals surface area contributed by atoms with E-state index in [4.69, 9.17) is 0 Å². The minimum Gasteiger partial charge on any atom is -0.379 e. The van der Waals surface area contributed by atoms with E-state index in [9.17, 15) is 13.2 Å². The van der Waals surface area contributed by atoms with Gasteiger partial charge in [0, 0.05) is 12.2 Å². The number of halogens is 4. The molecule has 1 N–H and O–H groups in total. The van der Waals surface area contributed by atoms with Gasteiger partial charge in [0.1, 0.15) is 0 Å². The second-order valence-corrected chi connectivity index (χ2v) is 5.38. The van der Waals surface area contributed by atoms with Gasteiger partial charge in [0.25, 0.3) is 0 Å². The molecule has 1 aromatic heterocycles. The zero-order valence-electron chi connectivity index (χ0n) is 11.6. The molecule has 0 aliphatic heterocycles. The van der Waals surface area contributed by atoms with E-state index in [-0.39, 0.29) is 0 Å². The maximum Gasteiger partial charge on any atom is 0.416 e. The van der Waals surface area contributed by atoms with Crippen molar-refractivity contribution in [2.75, 3.05) is 5.32 Å². The third-order valence-electron chi connectivity index (χ3n) is 3.13. The number of nitrogens with one attached hydrogen (secondary N) is 1. The SMILES string of the molecule is CCn1nc(C)c(Br)c1CNc1ccc(C(F)(F)F)cc1. The van der Waals surface area contributed by atoms with Gasteiger partial charge in [0.15, 0.2) is 0 Å². The molecule has 1 heterocycles. The molecule has 7 heteroatoms. The molecule has 0 aliphatic carbocycles. The normalized spacial score (nSPS) is 11.7. The lowest BCUT2D eigenvalue weighted by molar-refractivity contribution is -0.137. The molecule has 0 unspecified atom stereocenters. The maximum absolute atomic E-state index is 12.5. The Hall–Kier alpha value is -1.50. The smallest absolute Gasteiger partial charge is 0.379 e. The molecule has 0 atom stereocenters. The average molecular weight is 362 g/mol. The highest BCUT2D eigenvalue weighted by atomic mass is 79.9.